The van der Waals surface area contributed by atoms with Crippen LogP contribution in [0, 0.1) is 5.82 Å². The van der Waals surface area contributed by atoms with Crippen LogP contribution < -0.4 is 9.62 Å². The summed E-state index contributed by atoms with van der Waals surface area (Å²) in [4.78, 5) is 28.6. The van der Waals surface area contributed by atoms with Crippen LogP contribution in [0.2, 0.25) is 0 Å². The number of hydrogen-bond donors (Lipinski definition) is 1. The van der Waals surface area contributed by atoms with Gasteiger partial charge in [0.25, 0.3) is 0 Å². The Labute approximate surface area is 223 Å². The number of nitrogens with zero attached hydrogens (tertiary/aromatic N) is 3. The minimum Gasteiger partial charge on any atom is -0.355 e. The number of amides is 2. The molecule has 38 heavy (non-hydrogen) atoms. The number of hydrogen-bond acceptors (Lipinski definition) is 4. The van der Waals surface area contributed by atoms with Gasteiger partial charge in [-0.05, 0) is 42.3 Å². The highest BCUT2D eigenvalue weighted by molar-refractivity contribution is 7.90. The summed E-state index contributed by atoms with van der Waals surface area (Å²) in [5.41, 5.74) is 1.75. The molecule has 202 valence electrons. The van der Waals surface area contributed by atoms with E-state index < -0.39 is 34.5 Å². The van der Waals surface area contributed by atoms with Crippen LogP contribution in [0.3, 0.4) is 0 Å². The molecule has 0 aliphatic heterocycles. The van der Waals surface area contributed by atoms with Crippen LogP contribution in [0.5, 0.6) is 0 Å². The standard InChI is InChI=1S/C28H33FN4O4S/c1-4-30-28(35)26(19-22-11-7-5-8-12-22)32(20-23-15-17-24(29)18-16-23)27(34)21-33(38(36,37)31(2)3)25-13-9-6-10-14-25/h5-18,26H,4,19-21H2,1-3H3,(H,30,35)/t26-/m0/s1. The zero-order chi connectivity index (χ0) is 27.7. The fraction of sp³-hybridized carbons (Fsp3) is 0.286. The SMILES string of the molecule is CCNC(=O)[C@H](Cc1ccccc1)N(Cc1ccc(F)cc1)C(=O)CN(c1ccccc1)S(=O)(=O)N(C)C. The Morgan fingerprint density at radius 2 is 1.45 bits per heavy atom. The maximum atomic E-state index is 14.0. The van der Waals surface area contributed by atoms with Crippen molar-refractivity contribution >= 4 is 27.7 Å². The van der Waals surface area contributed by atoms with Crippen molar-refractivity contribution in [1.29, 1.82) is 0 Å². The molecule has 0 spiro atoms. The van der Waals surface area contributed by atoms with Crippen molar-refractivity contribution in [3.8, 4) is 0 Å². The predicted octanol–water partition coefficient (Wildman–Crippen LogP) is 3.21. The first-order chi connectivity index (χ1) is 18.1. The van der Waals surface area contributed by atoms with Crippen LogP contribution in [0.1, 0.15) is 18.1 Å². The van der Waals surface area contributed by atoms with Gasteiger partial charge in [-0.2, -0.15) is 12.7 Å². The molecule has 10 heteroatoms. The van der Waals surface area contributed by atoms with Gasteiger partial charge in [-0.15, -0.1) is 0 Å². The quantitative estimate of drug-likeness (QED) is 0.382. The van der Waals surface area contributed by atoms with Crippen LogP contribution in [-0.4, -0.2) is 62.7 Å². The minimum atomic E-state index is -4.05. The second-order valence-corrected chi connectivity index (χ2v) is 10.9. The van der Waals surface area contributed by atoms with Crippen molar-refractivity contribution in [1.82, 2.24) is 14.5 Å². The summed E-state index contributed by atoms with van der Waals surface area (Å²) in [6.07, 6.45) is 0.214. The summed E-state index contributed by atoms with van der Waals surface area (Å²) in [5.74, 6) is -1.37. The molecule has 1 N–H and O–H groups in total. The fourth-order valence-corrected chi connectivity index (χ4v) is 5.00. The van der Waals surface area contributed by atoms with E-state index in [4.69, 9.17) is 0 Å². The summed E-state index contributed by atoms with van der Waals surface area (Å²) in [5, 5.41) is 2.80. The highest BCUT2D eigenvalue weighted by atomic mass is 32.2. The molecular formula is C28H33FN4O4S. The van der Waals surface area contributed by atoms with Gasteiger partial charge in [-0.1, -0.05) is 60.7 Å². The molecule has 0 radical (unpaired) electrons. The molecule has 8 nitrogen and oxygen atoms in total. The number of anilines is 1. The normalized spacial score (nSPS) is 12.1. The van der Waals surface area contributed by atoms with Gasteiger partial charge in [0.1, 0.15) is 18.4 Å². The Morgan fingerprint density at radius 3 is 2.00 bits per heavy atom. The highest BCUT2D eigenvalue weighted by Crippen LogP contribution is 2.21. The van der Waals surface area contributed by atoms with Gasteiger partial charge >= 0.3 is 10.2 Å². The molecule has 0 bridgehead atoms. The molecule has 0 aliphatic carbocycles. The third kappa shape index (κ3) is 7.39. The Hall–Kier alpha value is -3.76. The first kappa shape index (κ1) is 28.8. The zero-order valence-electron chi connectivity index (χ0n) is 21.7. The molecule has 0 aliphatic rings. The minimum absolute atomic E-state index is 0.0155. The molecule has 0 fully saturated rings. The van der Waals surface area contributed by atoms with E-state index in [0.717, 1.165) is 14.2 Å². The average Bonchev–Trinajstić information content (AvgIpc) is 2.91. The highest BCUT2D eigenvalue weighted by Gasteiger charge is 2.34. The molecular weight excluding hydrogens is 507 g/mol. The summed E-state index contributed by atoms with van der Waals surface area (Å²) in [7, 11) is -1.27. The monoisotopic (exact) mass is 540 g/mol. The Balaban J connectivity index is 2.05. The van der Waals surface area contributed by atoms with E-state index in [1.807, 2.05) is 30.3 Å². The molecule has 0 saturated carbocycles. The van der Waals surface area contributed by atoms with Crippen LogP contribution in [-0.2, 0) is 32.8 Å². The molecule has 2 amide bonds. The van der Waals surface area contributed by atoms with Crippen LogP contribution in [0.25, 0.3) is 0 Å². The van der Waals surface area contributed by atoms with Crippen molar-refractivity contribution in [2.45, 2.75) is 25.9 Å². The zero-order valence-corrected chi connectivity index (χ0v) is 22.6. The molecule has 1 atom stereocenters. The van der Waals surface area contributed by atoms with Crippen molar-refractivity contribution < 1.29 is 22.4 Å². The lowest BCUT2D eigenvalue weighted by molar-refractivity contribution is -0.140. The van der Waals surface area contributed by atoms with Crippen molar-refractivity contribution in [2.24, 2.45) is 0 Å². The third-order valence-electron chi connectivity index (χ3n) is 5.95. The van der Waals surface area contributed by atoms with E-state index in [0.29, 0.717) is 17.8 Å². The van der Waals surface area contributed by atoms with E-state index in [1.54, 1.807) is 49.4 Å². The maximum absolute atomic E-state index is 14.0. The lowest BCUT2D eigenvalue weighted by Gasteiger charge is -2.34. The maximum Gasteiger partial charge on any atom is 0.304 e. The summed E-state index contributed by atoms with van der Waals surface area (Å²) >= 11 is 0. The number of likely N-dealkylation sites (N-methyl/N-ethyl adjacent to an activating group) is 1. The predicted molar refractivity (Wildman–Crippen MR) is 146 cm³/mol. The second-order valence-electron chi connectivity index (χ2n) is 8.88. The number of rotatable bonds is 12. The van der Waals surface area contributed by atoms with Crippen LogP contribution >= 0.6 is 0 Å². The molecule has 0 saturated heterocycles. The Morgan fingerprint density at radius 1 is 0.868 bits per heavy atom. The number of carbonyl (C=O) groups excluding carboxylic acids is 2. The van der Waals surface area contributed by atoms with Gasteiger partial charge in [-0.25, -0.2) is 8.70 Å². The van der Waals surface area contributed by atoms with Crippen LogP contribution in [0.15, 0.2) is 84.9 Å². The van der Waals surface area contributed by atoms with E-state index in [2.05, 4.69) is 5.32 Å². The van der Waals surface area contributed by atoms with E-state index in [9.17, 15) is 22.4 Å². The van der Waals surface area contributed by atoms with Crippen molar-refractivity contribution in [2.75, 3.05) is 31.5 Å². The van der Waals surface area contributed by atoms with E-state index >= 15 is 0 Å². The largest absolute Gasteiger partial charge is 0.355 e. The van der Waals surface area contributed by atoms with E-state index in [-0.39, 0.29) is 18.9 Å². The van der Waals surface area contributed by atoms with Gasteiger partial charge in [0.2, 0.25) is 11.8 Å². The molecule has 3 rings (SSSR count). The number of para-hydroxylation sites is 1. The van der Waals surface area contributed by atoms with E-state index in [1.165, 1.54) is 31.1 Å². The average molecular weight is 541 g/mol. The number of halogens is 1. The Kier molecular flexibility index (Phi) is 9.98. The van der Waals surface area contributed by atoms with Gasteiger partial charge in [0.15, 0.2) is 0 Å². The third-order valence-corrected chi connectivity index (χ3v) is 7.77. The fourth-order valence-electron chi connectivity index (χ4n) is 3.94. The van der Waals surface area contributed by atoms with Crippen molar-refractivity contribution in [3.05, 3.63) is 102 Å². The molecule has 0 unspecified atom stereocenters. The molecule has 3 aromatic carbocycles. The first-order valence-corrected chi connectivity index (χ1v) is 13.6. The summed E-state index contributed by atoms with van der Waals surface area (Å²) in [6.45, 7) is 1.59. The first-order valence-electron chi connectivity index (χ1n) is 12.2. The molecule has 0 aromatic heterocycles. The van der Waals surface area contributed by atoms with Gasteiger partial charge in [0.05, 0.1) is 5.69 Å². The molecule has 3 aromatic rings. The van der Waals surface area contributed by atoms with Gasteiger partial charge in [-0.3, -0.25) is 9.59 Å². The van der Waals surface area contributed by atoms with Gasteiger partial charge < -0.3 is 10.2 Å². The topological polar surface area (TPSA) is 90.0 Å². The van der Waals surface area contributed by atoms with Gasteiger partial charge in [0, 0.05) is 33.6 Å². The molecule has 0 heterocycles. The number of benzene rings is 3. The van der Waals surface area contributed by atoms with Crippen LogP contribution in [0.4, 0.5) is 10.1 Å². The lowest BCUT2D eigenvalue weighted by atomic mass is 10.0. The lowest BCUT2D eigenvalue weighted by Crippen LogP contribution is -2.54. The Bertz CT molecular complexity index is 1300. The number of nitrogens with one attached hydrogen (secondary N) is 1. The summed E-state index contributed by atoms with van der Waals surface area (Å²) in [6, 6.07) is 22.3. The summed E-state index contributed by atoms with van der Waals surface area (Å²) < 4.78 is 42.1. The second kappa shape index (κ2) is 13.2. The smallest absolute Gasteiger partial charge is 0.304 e. The van der Waals surface area contributed by atoms with Crippen molar-refractivity contribution in [3.63, 3.8) is 0 Å². The number of carbonyl (C=O) groups is 2.